The zero-order valence-electron chi connectivity index (χ0n) is 9.97. The van der Waals surface area contributed by atoms with Crippen LogP contribution in [0.1, 0.15) is 23.7 Å². The molecule has 0 radical (unpaired) electrons. The van der Waals surface area contributed by atoms with Gasteiger partial charge in [0.1, 0.15) is 0 Å². The van der Waals surface area contributed by atoms with Crippen LogP contribution in [0, 0.1) is 12.8 Å². The molecule has 0 unspecified atom stereocenters. The molecule has 2 N–H and O–H groups in total. The molecule has 16 heavy (non-hydrogen) atoms. The fraction of sp³-hybridized carbons (Fsp3) is 0.636. The first-order chi connectivity index (χ1) is 7.56. The Morgan fingerprint density at radius 1 is 1.56 bits per heavy atom. The zero-order valence-corrected chi connectivity index (χ0v) is 9.97. The second-order valence-corrected chi connectivity index (χ2v) is 4.46. The summed E-state index contributed by atoms with van der Waals surface area (Å²) in [4.78, 5) is 13.5. The normalized spacial score (nSPS) is 25.5. The molecular formula is C11H18N4O. The standard InChI is InChI=1S/C11H18N4O/c1-7-9(6-13-15(7)3)11-8(5-12)4-10(16)14(11)2/h6,8,11H,4-5,12H2,1-3H3/t8-,11+/m1/s1. The third-order valence-electron chi connectivity index (χ3n) is 3.59. The van der Waals surface area contributed by atoms with E-state index in [-0.39, 0.29) is 17.9 Å². The molecule has 1 aliphatic rings. The molecule has 2 rings (SSSR count). The molecule has 0 aromatic carbocycles. The van der Waals surface area contributed by atoms with Crippen molar-refractivity contribution in [1.29, 1.82) is 0 Å². The summed E-state index contributed by atoms with van der Waals surface area (Å²) in [6, 6.07) is 0.0891. The number of nitrogens with two attached hydrogens (primary N) is 1. The van der Waals surface area contributed by atoms with Crippen LogP contribution >= 0.6 is 0 Å². The quantitative estimate of drug-likeness (QED) is 0.777. The Bertz CT molecular complexity index is 412. The van der Waals surface area contributed by atoms with E-state index >= 15 is 0 Å². The third kappa shape index (κ3) is 1.51. The van der Waals surface area contributed by atoms with Crippen molar-refractivity contribution in [3.05, 3.63) is 17.5 Å². The van der Waals surface area contributed by atoms with Gasteiger partial charge in [0, 0.05) is 37.7 Å². The zero-order chi connectivity index (χ0) is 11.9. The van der Waals surface area contributed by atoms with Gasteiger partial charge in [-0.05, 0) is 13.5 Å². The van der Waals surface area contributed by atoms with E-state index in [1.807, 2.05) is 31.9 Å². The Kier molecular flexibility index (Phi) is 2.71. The van der Waals surface area contributed by atoms with Crippen molar-refractivity contribution in [2.75, 3.05) is 13.6 Å². The monoisotopic (exact) mass is 222 g/mol. The van der Waals surface area contributed by atoms with Crippen LogP contribution in [0.4, 0.5) is 0 Å². The van der Waals surface area contributed by atoms with Crippen LogP contribution in [-0.4, -0.2) is 34.2 Å². The number of carbonyl (C=O) groups is 1. The minimum atomic E-state index is 0.0891. The molecule has 2 atom stereocenters. The number of aryl methyl sites for hydroxylation is 1. The highest BCUT2D eigenvalue weighted by Crippen LogP contribution is 2.37. The maximum Gasteiger partial charge on any atom is 0.223 e. The molecule has 1 saturated heterocycles. The van der Waals surface area contributed by atoms with Crippen molar-refractivity contribution >= 4 is 5.91 Å². The van der Waals surface area contributed by atoms with E-state index in [2.05, 4.69) is 5.10 Å². The van der Waals surface area contributed by atoms with E-state index in [1.54, 1.807) is 4.90 Å². The molecule has 0 saturated carbocycles. The molecule has 1 aromatic heterocycles. The van der Waals surface area contributed by atoms with Crippen molar-refractivity contribution in [1.82, 2.24) is 14.7 Å². The van der Waals surface area contributed by atoms with Gasteiger partial charge in [0.2, 0.25) is 5.91 Å². The van der Waals surface area contributed by atoms with Gasteiger partial charge in [0.05, 0.1) is 12.2 Å². The van der Waals surface area contributed by atoms with Crippen molar-refractivity contribution in [2.45, 2.75) is 19.4 Å². The number of aromatic nitrogens is 2. The molecule has 5 heteroatoms. The van der Waals surface area contributed by atoms with E-state index in [0.29, 0.717) is 13.0 Å². The van der Waals surface area contributed by atoms with E-state index in [1.165, 1.54) is 0 Å². The van der Waals surface area contributed by atoms with Gasteiger partial charge < -0.3 is 10.6 Å². The average molecular weight is 222 g/mol. The fourth-order valence-electron chi connectivity index (χ4n) is 2.43. The van der Waals surface area contributed by atoms with Crippen LogP contribution in [0.3, 0.4) is 0 Å². The summed E-state index contributed by atoms with van der Waals surface area (Å²) in [6.07, 6.45) is 2.39. The third-order valence-corrected chi connectivity index (χ3v) is 3.59. The summed E-state index contributed by atoms with van der Waals surface area (Å²) < 4.78 is 1.83. The van der Waals surface area contributed by atoms with E-state index in [4.69, 9.17) is 5.73 Å². The maximum atomic E-state index is 11.7. The number of rotatable bonds is 2. The van der Waals surface area contributed by atoms with Crippen LogP contribution < -0.4 is 5.73 Å². The summed E-state index contributed by atoms with van der Waals surface area (Å²) in [7, 11) is 3.75. The predicted molar refractivity (Wildman–Crippen MR) is 60.6 cm³/mol. The molecule has 1 amide bonds. The number of likely N-dealkylation sites (tertiary alicyclic amines) is 1. The predicted octanol–water partition coefficient (Wildman–Crippen LogP) is 0.207. The molecule has 1 aromatic rings. The molecule has 0 bridgehead atoms. The topological polar surface area (TPSA) is 64.2 Å². The summed E-state index contributed by atoms with van der Waals surface area (Å²) in [6.45, 7) is 2.56. The molecule has 1 aliphatic heterocycles. The molecule has 5 nitrogen and oxygen atoms in total. The van der Waals surface area contributed by atoms with Crippen LogP contribution in [-0.2, 0) is 11.8 Å². The SMILES string of the molecule is Cc1c([C@@H]2[C@@H](CN)CC(=O)N2C)cnn1C. The number of hydrogen-bond donors (Lipinski definition) is 1. The highest BCUT2D eigenvalue weighted by molar-refractivity contribution is 5.79. The van der Waals surface area contributed by atoms with Gasteiger partial charge >= 0.3 is 0 Å². The maximum absolute atomic E-state index is 11.7. The fourth-order valence-corrected chi connectivity index (χ4v) is 2.43. The van der Waals surface area contributed by atoms with Crippen LogP contribution in [0.15, 0.2) is 6.20 Å². The Labute approximate surface area is 95.2 Å². The first-order valence-corrected chi connectivity index (χ1v) is 5.50. The van der Waals surface area contributed by atoms with Gasteiger partial charge in [0.15, 0.2) is 0 Å². The van der Waals surface area contributed by atoms with E-state index in [0.717, 1.165) is 11.3 Å². The molecule has 1 fully saturated rings. The largest absolute Gasteiger partial charge is 0.338 e. The number of carbonyl (C=O) groups excluding carboxylic acids is 1. The van der Waals surface area contributed by atoms with Crippen molar-refractivity contribution in [3.63, 3.8) is 0 Å². The summed E-state index contributed by atoms with van der Waals surface area (Å²) in [5.74, 6) is 0.379. The number of amides is 1. The van der Waals surface area contributed by atoms with Gasteiger partial charge in [-0.3, -0.25) is 9.48 Å². The highest BCUT2D eigenvalue weighted by Gasteiger charge is 2.38. The van der Waals surface area contributed by atoms with Crippen molar-refractivity contribution in [2.24, 2.45) is 18.7 Å². The summed E-state index contributed by atoms with van der Waals surface area (Å²) in [5, 5.41) is 4.23. The Morgan fingerprint density at radius 3 is 2.75 bits per heavy atom. The van der Waals surface area contributed by atoms with Gasteiger partial charge in [-0.1, -0.05) is 0 Å². The van der Waals surface area contributed by atoms with Crippen LogP contribution in [0.25, 0.3) is 0 Å². The number of hydrogen-bond acceptors (Lipinski definition) is 3. The molecule has 0 spiro atoms. The highest BCUT2D eigenvalue weighted by atomic mass is 16.2. The minimum absolute atomic E-state index is 0.0891. The van der Waals surface area contributed by atoms with Gasteiger partial charge in [-0.15, -0.1) is 0 Å². The second-order valence-electron chi connectivity index (χ2n) is 4.46. The Balaban J connectivity index is 2.38. The first kappa shape index (κ1) is 11.1. The lowest BCUT2D eigenvalue weighted by molar-refractivity contribution is -0.127. The average Bonchev–Trinajstić information content (AvgIpc) is 2.72. The molecule has 88 valence electrons. The van der Waals surface area contributed by atoms with Crippen molar-refractivity contribution in [3.8, 4) is 0 Å². The first-order valence-electron chi connectivity index (χ1n) is 5.50. The smallest absolute Gasteiger partial charge is 0.223 e. The van der Waals surface area contributed by atoms with Gasteiger partial charge in [-0.25, -0.2) is 0 Å². The lowest BCUT2D eigenvalue weighted by atomic mass is 9.94. The molecule has 2 heterocycles. The Morgan fingerprint density at radius 2 is 2.25 bits per heavy atom. The summed E-state index contributed by atoms with van der Waals surface area (Å²) in [5.41, 5.74) is 7.96. The van der Waals surface area contributed by atoms with E-state index < -0.39 is 0 Å². The van der Waals surface area contributed by atoms with Gasteiger partial charge in [-0.2, -0.15) is 5.10 Å². The lowest BCUT2D eigenvalue weighted by Crippen LogP contribution is -2.27. The lowest BCUT2D eigenvalue weighted by Gasteiger charge is -2.24. The second kappa shape index (κ2) is 3.90. The van der Waals surface area contributed by atoms with E-state index in [9.17, 15) is 4.79 Å². The summed E-state index contributed by atoms with van der Waals surface area (Å²) >= 11 is 0. The van der Waals surface area contributed by atoms with Crippen LogP contribution in [0.5, 0.6) is 0 Å². The van der Waals surface area contributed by atoms with Crippen LogP contribution in [0.2, 0.25) is 0 Å². The van der Waals surface area contributed by atoms with Crippen molar-refractivity contribution < 1.29 is 4.79 Å². The Hall–Kier alpha value is -1.36. The number of nitrogens with zero attached hydrogens (tertiary/aromatic N) is 3. The molecule has 0 aliphatic carbocycles. The minimum Gasteiger partial charge on any atom is -0.338 e. The molecular weight excluding hydrogens is 204 g/mol. The van der Waals surface area contributed by atoms with Gasteiger partial charge in [0.25, 0.3) is 0 Å².